The van der Waals surface area contributed by atoms with Gasteiger partial charge in [0, 0.05) is 0 Å². The Labute approximate surface area is 235 Å². The van der Waals surface area contributed by atoms with E-state index in [0.717, 1.165) is 23.7 Å². The third kappa shape index (κ3) is 1.28. The first-order valence-electron chi connectivity index (χ1n) is 19.1. The molecule has 0 amide bonds. The number of fused-ring (bicyclic) bond motifs is 43. The van der Waals surface area contributed by atoms with Crippen molar-refractivity contribution in [2.75, 3.05) is 0 Å². The Kier molecular flexibility index (Phi) is 2.43. The number of hydrogen-bond donors (Lipinski definition) is 0. The monoisotopic (exact) mass is 516 g/mol. The molecule has 16 rings (SSSR count). The van der Waals surface area contributed by atoms with Crippen molar-refractivity contribution in [3.05, 3.63) is 0 Å². The fourth-order valence-corrected chi connectivity index (χ4v) is 23.3. The van der Waals surface area contributed by atoms with E-state index in [9.17, 15) is 0 Å². The van der Waals surface area contributed by atoms with Gasteiger partial charge >= 0.3 is 0 Å². The van der Waals surface area contributed by atoms with Crippen molar-refractivity contribution < 1.29 is 0 Å². The quantitative estimate of drug-likeness (QED) is 0.343. The summed E-state index contributed by atoms with van der Waals surface area (Å²) in [7, 11) is 0. The van der Waals surface area contributed by atoms with Crippen LogP contribution >= 0.6 is 0 Å². The van der Waals surface area contributed by atoms with Crippen LogP contribution in [-0.4, -0.2) is 0 Å². The Morgan fingerprint density at radius 2 is 0.615 bits per heavy atom. The maximum Gasteiger partial charge on any atom is -0.0312 e. The molecule has 0 bridgehead atoms. The van der Waals surface area contributed by atoms with Gasteiger partial charge in [0.2, 0.25) is 0 Å². The first kappa shape index (κ1) is 19.3. The van der Waals surface area contributed by atoms with Crippen molar-refractivity contribution in [1.29, 1.82) is 0 Å². The zero-order valence-electron chi connectivity index (χ0n) is 24.3. The van der Waals surface area contributed by atoms with E-state index >= 15 is 0 Å². The van der Waals surface area contributed by atoms with Gasteiger partial charge < -0.3 is 0 Å². The predicted molar refractivity (Wildman–Crippen MR) is 146 cm³/mol. The molecule has 0 spiro atoms. The Balaban J connectivity index is 0.670. The molecule has 0 heterocycles. The number of hydrogen-bond acceptors (Lipinski definition) is 0. The maximum absolute atomic E-state index is 2.66. The van der Waals surface area contributed by atoms with Crippen LogP contribution in [0, 0.1) is 201 Å². The fourth-order valence-electron chi connectivity index (χ4n) is 23.3. The molecule has 16 fully saturated rings. The predicted octanol–water partition coefficient (Wildman–Crippen LogP) is 6.62. The molecule has 0 N–H and O–H groups in total. The molecule has 0 radical (unpaired) electrons. The first-order chi connectivity index (χ1) is 19.1. The van der Waals surface area contributed by atoms with Gasteiger partial charge in [0.1, 0.15) is 0 Å². The molecule has 33 atom stereocenters. The summed E-state index contributed by atoms with van der Waals surface area (Å²) in [6.07, 6.45) is 1.64. The third-order valence-electron chi connectivity index (χ3n) is 22.9. The minimum atomic E-state index is 0.956. The Hall–Kier alpha value is 0. The molecule has 0 heteroatoms. The summed E-state index contributed by atoms with van der Waals surface area (Å²) in [5.74, 6) is 42.8. The summed E-state index contributed by atoms with van der Waals surface area (Å²) in [6.45, 7) is 10.4. The van der Waals surface area contributed by atoms with Gasteiger partial charge in [-0.3, -0.25) is 0 Å². The summed E-state index contributed by atoms with van der Waals surface area (Å²) >= 11 is 0. The van der Waals surface area contributed by atoms with Gasteiger partial charge in [0.15, 0.2) is 0 Å². The van der Waals surface area contributed by atoms with E-state index < -0.39 is 0 Å². The molecular formula is C39H48. The van der Waals surface area contributed by atoms with E-state index in [1.807, 2.05) is 0 Å². The molecule has 16 saturated carbocycles. The second kappa shape index (κ2) is 4.90. The van der Waals surface area contributed by atoms with Crippen LogP contribution < -0.4 is 0 Å². The van der Waals surface area contributed by atoms with Crippen molar-refractivity contribution in [3.8, 4) is 0 Å². The molecule has 0 nitrogen and oxygen atoms in total. The van der Waals surface area contributed by atoms with Crippen LogP contribution in [0.3, 0.4) is 0 Å². The Morgan fingerprint density at radius 3 is 0.949 bits per heavy atom. The second-order valence-electron chi connectivity index (χ2n) is 21.3. The van der Waals surface area contributed by atoms with Crippen LogP contribution in [0.15, 0.2) is 0 Å². The first-order valence-corrected chi connectivity index (χ1v) is 19.1. The molecule has 0 saturated heterocycles. The van der Waals surface area contributed by atoms with Gasteiger partial charge in [0.25, 0.3) is 0 Å². The smallest absolute Gasteiger partial charge is 0.0312 e. The summed E-state index contributed by atoms with van der Waals surface area (Å²) in [5, 5.41) is 0. The Bertz CT molecular complexity index is 1380. The highest BCUT2D eigenvalue weighted by molar-refractivity contribution is 5.43. The summed E-state index contributed by atoms with van der Waals surface area (Å²) in [5.41, 5.74) is 0. The zero-order valence-corrected chi connectivity index (χ0v) is 24.3. The van der Waals surface area contributed by atoms with Crippen LogP contribution in [0.25, 0.3) is 0 Å². The fraction of sp³-hybridized carbons (Fsp3) is 1.00. The average molecular weight is 517 g/mol. The van der Waals surface area contributed by atoms with Crippen molar-refractivity contribution in [1.82, 2.24) is 0 Å². The van der Waals surface area contributed by atoms with Gasteiger partial charge in [0.05, 0.1) is 0 Å². The molecule has 204 valence electrons. The van der Waals surface area contributed by atoms with Gasteiger partial charge in [-0.15, -0.1) is 0 Å². The van der Waals surface area contributed by atoms with Crippen LogP contribution in [0.5, 0.6) is 0 Å². The topological polar surface area (TPSA) is 0 Å². The van der Waals surface area contributed by atoms with Crippen LogP contribution in [0.4, 0.5) is 0 Å². The molecule has 16 aliphatic rings. The van der Waals surface area contributed by atoms with Crippen molar-refractivity contribution in [3.63, 3.8) is 0 Å². The third-order valence-corrected chi connectivity index (χ3v) is 22.9. The maximum atomic E-state index is 2.66. The molecule has 0 aromatic rings. The van der Waals surface area contributed by atoms with Gasteiger partial charge in [-0.1, -0.05) is 27.7 Å². The van der Waals surface area contributed by atoms with E-state index in [1.165, 1.54) is 178 Å². The van der Waals surface area contributed by atoms with Crippen LogP contribution in [-0.2, 0) is 0 Å². The van der Waals surface area contributed by atoms with E-state index in [-0.39, 0.29) is 0 Å². The minimum absolute atomic E-state index is 0.956. The molecule has 39 heavy (non-hydrogen) atoms. The lowest BCUT2D eigenvalue weighted by molar-refractivity contribution is -0.537. The highest BCUT2D eigenvalue weighted by Crippen LogP contribution is 3.00. The van der Waals surface area contributed by atoms with Gasteiger partial charge in [-0.2, -0.15) is 0 Å². The van der Waals surface area contributed by atoms with Crippen molar-refractivity contribution >= 4 is 0 Å². The van der Waals surface area contributed by atoms with Crippen molar-refractivity contribution in [2.45, 2.75) is 34.1 Å². The van der Waals surface area contributed by atoms with Gasteiger partial charge in [-0.25, -0.2) is 0 Å². The second-order valence-corrected chi connectivity index (χ2v) is 21.3. The van der Waals surface area contributed by atoms with Crippen LogP contribution in [0.1, 0.15) is 34.1 Å². The highest BCUT2D eigenvalue weighted by atomic mass is 15.0. The summed E-state index contributed by atoms with van der Waals surface area (Å²) in [4.78, 5) is 0. The molecule has 16 aliphatic carbocycles. The normalized spacial score (nSPS) is 93.0. The van der Waals surface area contributed by atoms with Crippen LogP contribution in [0.2, 0.25) is 0 Å². The standard InChI is InChI=1S/C39H48/c1-6(2)10-8(4)12-14(10)18-16(12)20-22(18)26-24(20)28-30(26)34-32(28)36-37-33-29-25-21-17-13-9-5-7(3)11(9)15(13)19(17)23(21)27(25)31(29)35(33)39(37)38(34)36/h6-39H,5H2,1-4H3. The molecule has 0 aromatic heterocycles. The number of rotatable bonds is 1. The van der Waals surface area contributed by atoms with E-state index in [0.29, 0.717) is 0 Å². The van der Waals surface area contributed by atoms with E-state index in [2.05, 4.69) is 27.7 Å². The lowest BCUT2D eigenvalue weighted by Gasteiger charge is -3.00. The van der Waals surface area contributed by atoms with Gasteiger partial charge in [-0.05, 0) is 208 Å². The largest absolute Gasteiger partial charge is 0.0625 e. The Morgan fingerprint density at radius 1 is 0.333 bits per heavy atom. The van der Waals surface area contributed by atoms with Crippen molar-refractivity contribution in [2.24, 2.45) is 201 Å². The summed E-state index contributed by atoms with van der Waals surface area (Å²) < 4.78 is 0. The van der Waals surface area contributed by atoms with E-state index in [1.54, 1.807) is 6.42 Å². The van der Waals surface area contributed by atoms with E-state index in [4.69, 9.17) is 0 Å². The molecule has 33 unspecified atom stereocenters. The highest BCUT2D eigenvalue weighted by Gasteiger charge is 2.97. The summed E-state index contributed by atoms with van der Waals surface area (Å²) in [6, 6.07) is 0. The lowest BCUT2D eigenvalue weighted by Crippen LogP contribution is -2.97. The zero-order chi connectivity index (χ0) is 24.3. The SMILES string of the molecule is CC(C)C1C(C)C2C1C1C2C2C1C1C2C2C1C1C2C2C3C4C5C6C7C8C9C%10CC(C)C%10C9C8C7C6C5C4C3C12. The lowest BCUT2D eigenvalue weighted by atomic mass is 9.04. The average Bonchev–Trinajstić information content (AvgIpc) is 2.84. The minimum Gasteiger partial charge on any atom is -0.0625 e. The molecule has 0 aromatic carbocycles. The molecule has 0 aliphatic heterocycles. The molecular weight excluding hydrogens is 468 g/mol.